The lowest BCUT2D eigenvalue weighted by Crippen LogP contribution is -2.41. The van der Waals surface area contributed by atoms with Gasteiger partial charge in [-0.15, -0.1) is 0 Å². The van der Waals surface area contributed by atoms with E-state index in [4.69, 9.17) is 5.73 Å². The SMILES string of the molecule is Nc1nccc(-c2c[nH]c3nccc(N[C@@H](CO)CN(Cc4ccccc4)C(=O)O)c23)n1. The maximum atomic E-state index is 11.8. The molecule has 4 rings (SSSR count). The number of carboxylic acid groups (broad SMARTS) is 1. The number of aromatic amines is 1. The minimum Gasteiger partial charge on any atom is -0.465 e. The van der Waals surface area contributed by atoms with Crippen LogP contribution in [-0.2, 0) is 6.54 Å². The molecule has 0 saturated carbocycles. The number of carbonyl (C=O) groups is 1. The first kappa shape index (κ1) is 21.1. The summed E-state index contributed by atoms with van der Waals surface area (Å²) in [5.41, 5.74) is 9.30. The molecule has 0 unspecified atom stereocenters. The summed E-state index contributed by atoms with van der Waals surface area (Å²) >= 11 is 0. The van der Waals surface area contributed by atoms with E-state index in [0.29, 0.717) is 17.0 Å². The fraction of sp³-hybridized carbons (Fsp3) is 0.182. The summed E-state index contributed by atoms with van der Waals surface area (Å²) in [6, 6.07) is 12.3. The van der Waals surface area contributed by atoms with E-state index in [2.05, 4.69) is 25.3 Å². The van der Waals surface area contributed by atoms with Crippen LogP contribution >= 0.6 is 0 Å². The lowest BCUT2D eigenvalue weighted by Gasteiger charge is -2.26. The van der Waals surface area contributed by atoms with E-state index < -0.39 is 12.1 Å². The molecular weight excluding hydrogens is 410 g/mol. The highest BCUT2D eigenvalue weighted by molar-refractivity contribution is 6.01. The Kier molecular flexibility index (Phi) is 6.13. The molecule has 10 nitrogen and oxygen atoms in total. The molecule has 0 spiro atoms. The number of rotatable bonds is 8. The average Bonchev–Trinajstić information content (AvgIpc) is 3.24. The molecule has 0 fully saturated rings. The minimum atomic E-state index is -1.06. The van der Waals surface area contributed by atoms with Gasteiger partial charge in [0.25, 0.3) is 0 Å². The topological polar surface area (TPSA) is 153 Å². The number of anilines is 2. The number of aliphatic hydroxyl groups excluding tert-OH is 1. The number of nitrogens with one attached hydrogen (secondary N) is 2. The van der Waals surface area contributed by atoms with Crippen LogP contribution in [0.3, 0.4) is 0 Å². The Morgan fingerprint density at radius 2 is 1.94 bits per heavy atom. The fourth-order valence-electron chi connectivity index (χ4n) is 3.55. The summed E-state index contributed by atoms with van der Waals surface area (Å²) in [5.74, 6) is 0.154. The summed E-state index contributed by atoms with van der Waals surface area (Å²) < 4.78 is 0. The summed E-state index contributed by atoms with van der Waals surface area (Å²) in [6.45, 7) is 0.0447. The second-order valence-electron chi connectivity index (χ2n) is 7.26. The van der Waals surface area contributed by atoms with Gasteiger partial charge in [-0.05, 0) is 17.7 Å². The Labute approximate surface area is 183 Å². The Hall–Kier alpha value is -4.18. The number of H-pyrrole nitrogens is 1. The summed E-state index contributed by atoms with van der Waals surface area (Å²) in [5, 5.41) is 23.7. The number of aliphatic hydroxyl groups is 1. The van der Waals surface area contributed by atoms with Crippen molar-refractivity contribution in [2.45, 2.75) is 12.6 Å². The quantitative estimate of drug-likeness (QED) is 0.284. The van der Waals surface area contributed by atoms with Crippen molar-refractivity contribution >= 4 is 28.8 Å². The van der Waals surface area contributed by atoms with E-state index in [1.807, 2.05) is 30.3 Å². The van der Waals surface area contributed by atoms with Crippen LogP contribution in [0.2, 0.25) is 0 Å². The molecule has 164 valence electrons. The molecule has 4 aromatic rings. The second kappa shape index (κ2) is 9.31. The molecule has 6 N–H and O–H groups in total. The van der Waals surface area contributed by atoms with Gasteiger partial charge in [0, 0.05) is 42.9 Å². The summed E-state index contributed by atoms with van der Waals surface area (Å²) in [4.78, 5) is 28.8. The van der Waals surface area contributed by atoms with Crippen LogP contribution < -0.4 is 11.1 Å². The van der Waals surface area contributed by atoms with Crippen molar-refractivity contribution < 1.29 is 15.0 Å². The zero-order valence-electron chi connectivity index (χ0n) is 17.1. The van der Waals surface area contributed by atoms with Crippen LogP contribution in [-0.4, -0.2) is 60.3 Å². The number of hydrogen-bond donors (Lipinski definition) is 5. The molecule has 10 heteroatoms. The van der Waals surface area contributed by atoms with Crippen molar-refractivity contribution in [3.05, 3.63) is 66.6 Å². The van der Waals surface area contributed by atoms with Crippen molar-refractivity contribution in [1.82, 2.24) is 24.8 Å². The van der Waals surface area contributed by atoms with Crippen molar-refractivity contribution in [2.24, 2.45) is 0 Å². The molecule has 0 aliphatic rings. The lowest BCUT2D eigenvalue weighted by atomic mass is 10.1. The summed E-state index contributed by atoms with van der Waals surface area (Å²) in [7, 11) is 0. The third kappa shape index (κ3) is 4.60. The number of aromatic nitrogens is 4. The van der Waals surface area contributed by atoms with Crippen LogP contribution in [0.1, 0.15) is 5.56 Å². The molecule has 3 aromatic heterocycles. The van der Waals surface area contributed by atoms with Crippen molar-refractivity contribution in [2.75, 3.05) is 24.2 Å². The summed E-state index contributed by atoms with van der Waals surface area (Å²) in [6.07, 6.45) is 3.92. The molecule has 0 bridgehead atoms. The van der Waals surface area contributed by atoms with Crippen molar-refractivity contribution in [3.8, 4) is 11.3 Å². The van der Waals surface area contributed by atoms with Crippen LogP contribution in [0, 0.1) is 0 Å². The number of nitrogens with zero attached hydrogens (tertiary/aromatic N) is 4. The van der Waals surface area contributed by atoms with Crippen LogP contribution in [0.25, 0.3) is 22.3 Å². The first-order valence-corrected chi connectivity index (χ1v) is 9.99. The predicted molar refractivity (Wildman–Crippen MR) is 121 cm³/mol. The highest BCUT2D eigenvalue weighted by Gasteiger charge is 2.20. The number of nitrogen functional groups attached to an aromatic ring is 1. The maximum absolute atomic E-state index is 11.8. The van der Waals surface area contributed by atoms with E-state index in [-0.39, 0.29) is 25.6 Å². The van der Waals surface area contributed by atoms with Gasteiger partial charge in [0.2, 0.25) is 5.95 Å². The van der Waals surface area contributed by atoms with E-state index in [1.165, 1.54) is 4.90 Å². The largest absolute Gasteiger partial charge is 0.465 e. The Balaban J connectivity index is 1.61. The molecule has 0 aliphatic heterocycles. The number of hydrogen-bond acceptors (Lipinski definition) is 7. The Morgan fingerprint density at radius 1 is 1.16 bits per heavy atom. The molecule has 3 heterocycles. The number of pyridine rings is 1. The predicted octanol–water partition coefficient (Wildman–Crippen LogP) is 2.56. The third-order valence-corrected chi connectivity index (χ3v) is 5.03. The van der Waals surface area contributed by atoms with E-state index >= 15 is 0 Å². The van der Waals surface area contributed by atoms with Gasteiger partial charge in [0.1, 0.15) is 5.65 Å². The highest BCUT2D eigenvalue weighted by Crippen LogP contribution is 2.32. The van der Waals surface area contributed by atoms with Gasteiger partial charge in [-0.2, -0.15) is 0 Å². The van der Waals surface area contributed by atoms with Gasteiger partial charge in [0.05, 0.1) is 23.7 Å². The zero-order valence-corrected chi connectivity index (χ0v) is 17.1. The first-order chi connectivity index (χ1) is 15.5. The highest BCUT2D eigenvalue weighted by atomic mass is 16.4. The smallest absolute Gasteiger partial charge is 0.407 e. The molecule has 0 saturated heterocycles. The second-order valence-corrected chi connectivity index (χ2v) is 7.26. The van der Waals surface area contributed by atoms with Crippen molar-refractivity contribution in [1.29, 1.82) is 0 Å². The van der Waals surface area contributed by atoms with E-state index in [0.717, 1.165) is 16.5 Å². The van der Waals surface area contributed by atoms with Gasteiger partial charge in [-0.1, -0.05) is 30.3 Å². The Bertz CT molecular complexity index is 1210. The Morgan fingerprint density at radius 3 is 2.66 bits per heavy atom. The fourth-order valence-corrected chi connectivity index (χ4v) is 3.55. The van der Waals surface area contributed by atoms with Crippen LogP contribution in [0.15, 0.2) is 61.1 Å². The van der Waals surface area contributed by atoms with Crippen molar-refractivity contribution in [3.63, 3.8) is 0 Å². The van der Waals surface area contributed by atoms with Gasteiger partial charge in [-0.25, -0.2) is 19.7 Å². The normalized spacial score (nSPS) is 11.9. The van der Waals surface area contributed by atoms with Gasteiger partial charge < -0.3 is 31.1 Å². The standard InChI is InChI=1S/C22H23N7O3/c23-21-25-9-6-17(28-21)16-10-26-20-19(16)18(7-8-24-20)27-15(13-30)12-29(22(31)32)11-14-4-2-1-3-5-14/h1-10,15,30H,11-13H2,(H,31,32)(H2,23,25,28)(H2,24,26,27)/t15-/m1/s1. The van der Waals surface area contributed by atoms with Crippen LogP contribution in [0.5, 0.6) is 0 Å². The molecular formula is C22H23N7O3. The molecule has 0 radical (unpaired) electrons. The zero-order chi connectivity index (χ0) is 22.5. The molecule has 1 aromatic carbocycles. The number of benzene rings is 1. The van der Waals surface area contributed by atoms with E-state index in [1.54, 1.807) is 30.7 Å². The number of nitrogens with two attached hydrogens (primary N) is 1. The first-order valence-electron chi connectivity index (χ1n) is 9.99. The third-order valence-electron chi connectivity index (χ3n) is 5.03. The van der Waals surface area contributed by atoms with Gasteiger partial charge >= 0.3 is 6.09 Å². The molecule has 1 atom stereocenters. The lowest BCUT2D eigenvalue weighted by molar-refractivity contribution is 0.134. The molecule has 32 heavy (non-hydrogen) atoms. The van der Waals surface area contributed by atoms with E-state index in [9.17, 15) is 15.0 Å². The monoisotopic (exact) mass is 433 g/mol. The number of amides is 1. The van der Waals surface area contributed by atoms with Gasteiger partial charge in [-0.3, -0.25) is 0 Å². The molecule has 0 aliphatic carbocycles. The maximum Gasteiger partial charge on any atom is 0.407 e. The average molecular weight is 433 g/mol. The van der Waals surface area contributed by atoms with Crippen LogP contribution in [0.4, 0.5) is 16.4 Å². The van der Waals surface area contributed by atoms with Gasteiger partial charge in [0.15, 0.2) is 0 Å². The number of fused-ring (bicyclic) bond motifs is 1. The molecule has 1 amide bonds. The minimum absolute atomic E-state index is 0.0881.